The fourth-order valence-electron chi connectivity index (χ4n) is 2.60. The molecule has 2 rings (SSSR count). The summed E-state index contributed by atoms with van der Waals surface area (Å²) in [4.78, 5) is 24.4. The second-order valence-electron chi connectivity index (χ2n) is 4.85. The van der Waals surface area contributed by atoms with E-state index in [0.29, 0.717) is 25.3 Å². The van der Waals surface area contributed by atoms with E-state index in [4.69, 9.17) is 9.84 Å². The third-order valence-electron chi connectivity index (χ3n) is 3.65. The summed E-state index contributed by atoms with van der Waals surface area (Å²) in [5.74, 6) is -0.410. The smallest absolute Gasteiger partial charge is 0.326 e. The van der Waals surface area contributed by atoms with Crippen molar-refractivity contribution < 1.29 is 19.4 Å². The van der Waals surface area contributed by atoms with Crippen molar-refractivity contribution in [1.82, 2.24) is 4.90 Å². The van der Waals surface area contributed by atoms with Crippen LogP contribution in [0.4, 0.5) is 0 Å². The van der Waals surface area contributed by atoms with Crippen LogP contribution >= 0.6 is 0 Å². The molecule has 2 aliphatic heterocycles. The van der Waals surface area contributed by atoms with Gasteiger partial charge in [0.15, 0.2) is 0 Å². The Morgan fingerprint density at radius 1 is 1.35 bits per heavy atom. The summed E-state index contributed by atoms with van der Waals surface area (Å²) in [5, 5.41) is 9.00. The van der Waals surface area contributed by atoms with Crippen LogP contribution in [0.25, 0.3) is 0 Å². The summed E-state index contributed by atoms with van der Waals surface area (Å²) in [6.45, 7) is 2.13. The van der Waals surface area contributed by atoms with Gasteiger partial charge < -0.3 is 14.7 Å². The first-order valence-corrected chi connectivity index (χ1v) is 6.28. The lowest BCUT2D eigenvalue weighted by Gasteiger charge is -2.21. The molecule has 0 aliphatic carbocycles. The highest BCUT2D eigenvalue weighted by Gasteiger charge is 2.33. The molecular weight excluding hydrogens is 222 g/mol. The van der Waals surface area contributed by atoms with Crippen molar-refractivity contribution >= 4 is 11.9 Å². The monoisotopic (exact) mass is 241 g/mol. The van der Waals surface area contributed by atoms with Gasteiger partial charge in [-0.1, -0.05) is 0 Å². The number of hydrogen-bond acceptors (Lipinski definition) is 3. The largest absolute Gasteiger partial charge is 0.480 e. The maximum atomic E-state index is 11.9. The third-order valence-corrected chi connectivity index (χ3v) is 3.65. The molecule has 0 aromatic carbocycles. The van der Waals surface area contributed by atoms with Crippen LogP contribution in [0.15, 0.2) is 0 Å². The highest BCUT2D eigenvalue weighted by molar-refractivity contribution is 5.84. The number of rotatable bonds is 4. The van der Waals surface area contributed by atoms with E-state index in [2.05, 4.69) is 0 Å². The average Bonchev–Trinajstić information content (AvgIpc) is 2.96. The zero-order valence-electron chi connectivity index (χ0n) is 9.93. The number of carboxylic acid groups (broad SMARTS) is 1. The first-order chi connectivity index (χ1) is 8.18. The lowest BCUT2D eigenvalue weighted by Crippen LogP contribution is -2.40. The zero-order valence-corrected chi connectivity index (χ0v) is 9.93. The number of nitrogens with zero attached hydrogens (tertiary/aromatic N) is 1. The number of hydrogen-bond donors (Lipinski definition) is 1. The Bertz CT molecular complexity index is 299. The molecule has 0 saturated carbocycles. The average molecular weight is 241 g/mol. The lowest BCUT2D eigenvalue weighted by atomic mass is 10.0. The number of carboxylic acids is 1. The molecule has 96 valence electrons. The quantitative estimate of drug-likeness (QED) is 0.793. The molecule has 2 fully saturated rings. The van der Waals surface area contributed by atoms with Gasteiger partial charge in [0.1, 0.15) is 6.04 Å². The van der Waals surface area contributed by atoms with Gasteiger partial charge in [0.2, 0.25) is 5.91 Å². The Hall–Kier alpha value is -1.10. The van der Waals surface area contributed by atoms with Crippen molar-refractivity contribution in [2.75, 3.05) is 19.8 Å². The van der Waals surface area contributed by atoms with Crippen molar-refractivity contribution in [2.24, 2.45) is 5.92 Å². The van der Waals surface area contributed by atoms with Crippen molar-refractivity contribution in [1.29, 1.82) is 0 Å². The van der Waals surface area contributed by atoms with Gasteiger partial charge >= 0.3 is 5.97 Å². The first-order valence-electron chi connectivity index (χ1n) is 6.28. The standard InChI is InChI=1S/C12H19NO4/c14-11(4-3-9-5-7-17-8-9)13-6-1-2-10(13)12(15)16/h9-10H,1-8H2,(H,15,16)/t9?,10-/m1/s1. The minimum atomic E-state index is -0.875. The van der Waals surface area contributed by atoms with E-state index in [1.807, 2.05) is 0 Å². The summed E-state index contributed by atoms with van der Waals surface area (Å²) < 4.78 is 5.26. The van der Waals surface area contributed by atoms with Gasteiger partial charge in [0.05, 0.1) is 0 Å². The predicted molar refractivity (Wildman–Crippen MR) is 60.5 cm³/mol. The van der Waals surface area contributed by atoms with Gasteiger partial charge in [0, 0.05) is 26.2 Å². The Morgan fingerprint density at radius 2 is 2.18 bits per heavy atom. The Kier molecular flexibility index (Phi) is 3.99. The SMILES string of the molecule is O=C(O)[C@H]1CCCN1C(=O)CCC1CCOC1. The van der Waals surface area contributed by atoms with Crippen LogP contribution in [0.1, 0.15) is 32.1 Å². The molecule has 5 heteroatoms. The van der Waals surface area contributed by atoms with Crippen molar-refractivity contribution in [3.8, 4) is 0 Å². The van der Waals surface area contributed by atoms with Gasteiger partial charge in [-0.05, 0) is 31.6 Å². The number of amides is 1. The van der Waals surface area contributed by atoms with Crippen LogP contribution in [-0.4, -0.2) is 47.7 Å². The molecule has 0 aromatic heterocycles. The third kappa shape index (κ3) is 2.97. The predicted octanol–water partition coefficient (Wildman–Crippen LogP) is 0.879. The molecule has 0 spiro atoms. The van der Waals surface area contributed by atoms with Crippen molar-refractivity contribution in [2.45, 2.75) is 38.1 Å². The molecule has 2 heterocycles. The van der Waals surface area contributed by atoms with Crippen LogP contribution in [-0.2, 0) is 14.3 Å². The lowest BCUT2D eigenvalue weighted by molar-refractivity contribution is -0.148. The molecule has 0 radical (unpaired) electrons. The summed E-state index contributed by atoms with van der Waals surface area (Å²) >= 11 is 0. The fourth-order valence-corrected chi connectivity index (χ4v) is 2.60. The Balaban J connectivity index is 1.80. The molecule has 2 aliphatic rings. The van der Waals surface area contributed by atoms with E-state index in [9.17, 15) is 9.59 Å². The zero-order chi connectivity index (χ0) is 12.3. The molecule has 2 saturated heterocycles. The normalized spacial score (nSPS) is 28.6. The van der Waals surface area contributed by atoms with Crippen LogP contribution in [0.3, 0.4) is 0 Å². The second-order valence-corrected chi connectivity index (χ2v) is 4.85. The topological polar surface area (TPSA) is 66.8 Å². The number of aliphatic carboxylic acids is 1. The summed E-state index contributed by atoms with van der Waals surface area (Å²) in [7, 11) is 0. The molecular formula is C12H19NO4. The molecule has 0 bridgehead atoms. The van der Waals surface area contributed by atoms with Crippen molar-refractivity contribution in [3.63, 3.8) is 0 Å². The molecule has 1 unspecified atom stereocenters. The van der Waals surface area contributed by atoms with Crippen LogP contribution in [0.2, 0.25) is 0 Å². The van der Waals surface area contributed by atoms with Gasteiger partial charge in [-0.15, -0.1) is 0 Å². The second kappa shape index (κ2) is 5.49. The first kappa shape index (κ1) is 12.4. The van der Waals surface area contributed by atoms with Gasteiger partial charge in [0.25, 0.3) is 0 Å². The highest BCUT2D eigenvalue weighted by Crippen LogP contribution is 2.22. The molecule has 5 nitrogen and oxygen atoms in total. The van der Waals surface area contributed by atoms with Gasteiger partial charge in [-0.3, -0.25) is 4.79 Å². The van der Waals surface area contributed by atoms with E-state index in [0.717, 1.165) is 32.5 Å². The highest BCUT2D eigenvalue weighted by atomic mass is 16.5. The number of carbonyl (C=O) groups excluding carboxylic acids is 1. The van der Waals surface area contributed by atoms with Crippen LogP contribution in [0.5, 0.6) is 0 Å². The van der Waals surface area contributed by atoms with E-state index in [-0.39, 0.29) is 5.91 Å². The van der Waals surface area contributed by atoms with E-state index in [1.165, 1.54) is 4.90 Å². The van der Waals surface area contributed by atoms with Gasteiger partial charge in [-0.2, -0.15) is 0 Å². The van der Waals surface area contributed by atoms with E-state index >= 15 is 0 Å². The molecule has 1 amide bonds. The summed E-state index contributed by atoms with van der Waals surface area (Å²) in [6.07, 6.45) is 3.69. The number of ether oxygens (including phenoxy) is 1. The summed E-state index contributed by atoms with van der Waals surface area (Å²) in [5.41, 5.74) is 0. The van der Waals surface area contributed by atoms with Crippen molar-refractivity contribution in [3.05, 3.63) is 0 Å². The number of carbonyl (C=O) groups is 2. The minimum absolute atomic E-state index is 0.0122. The molecule has 17 heavy (non-hydrogen) atoms. The van der Waals surface area contributed by atoms with E-state index < -0.39 is 12.0 Å². The Labute approximate surface area is 101 Å². The Morgan fingerprint density at radius 3 is 2.82 bits per heavy atom. The summed E-state index contributed by atoms with van der Waals surface area (Å²) in [6, 6.07) is -0.595. The number of likely N-dealkylation sites (tertiary alicyclic amines) is 1. The maximum Gasteiger partial charge on any atom is 0.326 e. The molecule has 1 N–H and O–H groups in total. The van der Waals surface area contributed by atoms with Crippen LogP contribution < -0.4 is 0 Å². The maximum absolute atomic E-state index is 11.9. The van der Waals surface area contributed by atoms with Crippen LogP contribution in [0, 0.1) is 5.92 Å². The molecule has 0 aromatic rings. The van der Waals surface area contributed by atoms with E-state index in [1.54, 1.807) is 0 Å². The minimum Gasteiger partial charge on any atom is -0.480 e. The molecule has 2 atom stereocenters. The van der Waals surface area contributed by atoms with Gasteiger partial charge in [-0.25, -0.2) is 4.79 Å². The fraction of sp³-hybridized carbons (Fsp3) is 0.833.